The lowest BCUT2D eigenvalue weighted by Crippen LogP contribution is -2.60. The van der Waals surface area contributed by atoms with Crippen LogP contribution in [0, 0.1) is 6.92 Å². The zero-order chi connectivity index (χ0) is 22.6. The summed E-state index contributed by atoms with van der Waals surface area (Å²) in [6, 6.07) is 7.44. The lowest BCUT2D eigenvalue weighted by molar-refractivity contribution is -0.289. The highest BCUT2D eigenvalue weighted by Gasteiger charge is 2.51. The summed E-state index contributed by atoms with van der Waals surface area (Å²) in [6.45, 7) is 2.81. The number of aromatic hydroxyl groups is 2. The van der Waals surface area contributed by atoms with E-state index in [0.717, 1.165) is 6.92 Å². The third-order valence-corrected chi connectivity index (χ3v) is 5.71. The van der Waals surface area contributed by atoms with Gasteiger partial charge in [-0.2, -0.15) is 0 Å². The Labute approximate surface area is 177 Å². The maximum atomic E-state index is 13.1. The number of carbonyl (C=O) groups is 2. The van der Waals surface area contributed by atoms with E-state index in [9.17, 15) is 35.1 Å². The summed E-state index contributed by atoms with van der Waals surface area (Å²) < 4.78 is 10.7. The smallest absolute Gasteiger partial charge is 0.305 e. The monoisotopic (exact) mass is 430 g/mol. The van der Waals surface area contributed by atoms with Crippen LogP contribution >= 0.6 is 0 Å². The molecule has 2 aromatic rings. The van der Waals surface area contributed by atoms with E-state index in [1.54, 1.807) is 19.1 Å². The maximum Gasteiger partial charge on any atom is 0.305 e. The van der Waals surface area contributed by atoms with E-state index in [1.165, 1.54) is 18.2 Å². The number of carbonyl (C=O) groups excluding carboxylic acids is 2. The largest absolute Gasteiger partial charge is 0.507 e. The van der Waals surface area contributed by atoms with E-state index >= 15 is 0 Å². The Morgan fingerprint density at radius 1 is 0.968 bits per heavy atom. The van der Waals surface area contributed by atoms with Gasteiger partial charge in [-0.3, -0.25) is 9.59 Å². The Balaban J connectivity index is 1.92. The number of aryl methyl sites for hydroxylation is 1. The number of hydrogen-bond donors (Lipinski definition) is 5. The second kappa shape index (κ2) is 7.61. The van der Waals surface area contributed by atoms with E-state index in [2.05, 4.69) is 0 Å². The highest BCUT2D eigenvalue weighted by atomic mass is 16.7. The molecule has 1 aliphatic heterocycles. The first-order valence-electron chi connectivity index (χ1n) is 9.68. The zero-order valence-corrected chi connectivity index (χ0v) is 16.7. The SMILES string of the molecule is CC(=O)O[C@@H]1O[C@@H]([C@H]2c3cccc(O)c3C(=O)c3c(O)cc(C)cc32)[C@@H](O)[C@@H](O)[C@H]1O. The molecule has 1 fully saturated rings. The second-order valence-corrected chi connectivity index (χ2v) is 7.85. The van der Waals surface area contributed by atoms with E-state index in [-0.39, 0.29) is 22.6 Å². The highest BCUT2D eigenvalue weighted by Crippen LogP contribution is 2.47. The number of benzene rings is 2. The van der Waals surface area contributed by atoms with Gasteiger partial charge in [0.05, 0.1) is 11.1 Å². The summed E-state index contributed by atoms with van der Waals surface area (Å²) in [7, 11) is 0. The van der Waals surface area contributed by atoms with Gasteiger partial charge >= 0.3 is 5.97 Å². The van der Waals surface area contributed by atoms with Crippen molar-refractivity contribution in [3.8, 4) is 11.5 Å². The molecule has 0 amide bonds. The van der Waals surface area contributed by atoms with E-state index in [0.29, 0.717) is 16.7 Å². The first kappa shape index (κ1) is 21.3. The van der Waals surface area contributed by atoms with Gasteiger partial charge in [-0.1, -0.05) is 18.2 Å². The van der Waals surface area contributed by atoms with Crippen molar-refractivity contribution in [2.75, 3.05) is 0 Å². The molecule has 9 nitrogen and oxygen atoms in total. The highest BCUT2D eigenvalue weighted by molar-refractivity contribution is 6.16. The van der Waals surface area contributed by atoms with Crippen molar-refractivity contribution in [3.63, 3.8) is 0 Å². The van der Waals surface area contributed by atoms with Crippen LogP contribution in [0.3, 0.4) is 0 Å². The summed E-state index contributed by atoms with van der Waals surface area (Å²) in [5.74, 6) is -2.92. The van der Waals surface area contributed by atoms with Crippen molar-refractivity contribution in [1.29, 1.82) is 0 Å². The van der Waals surface area contributed by atoms with Gasteiger partial charge in [0.25, 0.3) is 0 Å². The molecule has 0 spiro atoms. The topological polar surface area (TPSA) is 154 Å². The summed E-state index contributed by atoms with van der Waals surface area (Å²) >= 11 is 0. The number of phenols is 2. The average Bonchev–Trinajstić information content (AvgIpc) is 2.68. The van der Waals surface area contributed by atoms with Crippen LogP contribution in [0.5, 0.6) is 11.5 Å². The third kappa shape index (κ3) is 3.35. The van der Waals surface area contributed by atoms with Gasteiger partial charge in [0, 0.05) is 12.8 Å². The molecule has 0 aromatic heterocycles. The van der Waals surface area contributed by atoms with Crippen molar-refractivity contribution in [2.45, 2.75) is 50.5 Å². The fourth-order valence-electron chi connectivity index (χ4n) is 4.41. The number of ether oxygens (including phenoxy) is 2. The van der Waals surface area contributed by atoms with Gasteiger partial charge in [0.2, 0.25) is 12.1 Å². The lowest BCUT2D eigenvalue weighted by atomic mass is 9.71. The Bertz CT molecular complexity index is 1060. The van der Waals surface area contributed by atoms with Gasteiger partial charge in [-0.25, -0.2) is 0 Å². The molecule has 9 heteroatoms. The van der Waals surface area contributed by atoms with Crippen LogP contribution in [0.15, 0.2) is 30.3 Å². The third-order valence-electron chi connectivity index (χ3n) is 5.71. The molecule has 31 heavy (non-hydrogen) atoms. The minimum absolute atomic E-state index is 0.0648. The van der Waals surface area contributed by atoms with Crippen LogP contribution in [0.2, 0.25) is 0 Å². The van der Waals surface area contributed by atoms with Crippen molar-refractivity contribution in [3.05, 3.63) is 58.1 Å². The number of aliphatic hydroxyl groups is 3. The number of esters is 1. The number of hydrogen-bond acceptors (Lipinski definition) is 9. The molecule has 1 heterocycles. The predicted molar refractivity (Wildman–Crippen MR) is 105 cm³/mol. The number of aliphatic hydroxyl groups excluding tert-OH is 3. The molecule has 5 N–H and O–H groups in total. The molecule has 0 radical (unpaired) electrons. The van der Waals surface area contributed by atoms with Crippen molar-refractivity contribution in [1.82, 2.24) is 0 Å². The maximum absolute atomic E-state index is 13.1. The van der Waals surface area contributed by atoms with Crippen molar-refractivity contribution < 1.29 is 44.6 Å². The summed E-state index contributed by atoms with van der Waals surface area (Å²) in [5.41, 5.74) is 1.11. The van der Waals surface area contributed by atoms with Gasteiger partial charge in [-0.15, -0.1) is 0 Å². The van der Waals surface area contributed by atoms with Crippen LogP contribution in [0.4, 0.5) is 0 Å². The van der Waals surface area contributed by atoms with Crippen molar-refractivity contribution in [2.24, 2.45) is 0 Å². The molecule has 0 unspecified atom stereocenters. The second-order valence-electron chi connectivity index (χ2n) is 7.85. The summed E-state index contributed by atoms with van der Waals surface area (Å²) in [5, 5.41) is 52.2. The molecule has 1 saturated heterocycles. The van der Waals surface area contributed by atoms with Crippen LogP contribution in [-0.2, 0) is 14.3 Å². The molecule has 4 rings (SSSR count). The van der Waals surface area contributed by atoms with Gasteiger partial charge < -0.3 is 35.0 Å². The first-order valence-corrected chi connectivity index (χ1v) is 9.68. The van der Waals surface area contributed by atoms with E-state index in [1.807, 2.05) is 0 Å². The van der Waals surface area contributed by atoms with E-state index in [4.69, 9.17) is 9.47 Å². The molecule has 6 atom stereocenters. The number of rotatable bonds is 2. The Morgan fingerprint density at radius 2 is 1.65 bits per heavy atom. The molecule has 0 saturated carbocycles. The van der Waals surface area contributed by atoms with Crippen molar-refractivity contribution >= 4 is 11.8 Å². The Kier molecular flexibility index (Phi) is 5.22. The number of phenolic OH excluding ortho intramolecular Hbond substituents is 2. The zero-order valence-electron chi connectivity index (χ0n) is 16.7. The number of ketones is 1. The molecule has 2 aromatic carbocycles. The first-order chi connectivity index (χ1) is 14.6. The van der Waals surface area contributed by atoms with Crippen LogP contribution < -0.4 is 0 Å². The average molecular weight is 430 g/mol. The summed E-state index contributed by atoms with van der Waals surface area (Å²) in [6.07, 6.45) is -7.90. The minimum Gasteiger partial charge on any atom is -0.507 e. The standard InChI is InChI=1S/C22H22O9/c1-8-6-11-14(21-19(28)18(27)20(29)22(31-21)30-9(2)23)10-4-3-5-12(24)15(10)17(26)16(11)13(25)7-8/h3-7,14,18-22,24-25,27-29H,1-2H3/t14-,18+,19-,20+,21-,22+/m0/s1. The molecule has 2 aliphatic rings. The predicted octanol–water partition coefficient (Wildman–Crippen LogP) is 0.453. The summed E-state index contributed by atoms with van der Waals surface area (Å²) in [4.78, 5) is 24.5. The quantitative estimate of drug-likeness (QED) is 0.427. The fourth-order valence-corrected chi connectivity index (χ4v) is 4.41. The number of fused-ring (bicyclic) bond motifs is 2. The molecule has 164 valence electrons. The van der Waals surface area contributed by atoms with E-state index < -0.39 is 48.4 Å². The molecule has 1 aliphatic carbocycles. The minimum atomic E-state index is -1.72. The lowest BCUT2D eigenvalue weighted by Gasteiger charge is -2.44. The van der Waals surface area contributed by atoms with Gasteiger partial charge in [-0.05, 0) is 35.7 Å². The van der Waals surface area contributed by atoms with Gasteiger partial charge in [0.1, 0.15) is 35.9 Å². The van der Waals surface area contributed by atoms with Crippen LogP contribution in [-0.4, -0.2) is 68.0 Å². The Hall–Kier alpha value is -2.98. The Morgan fingerprint density at radius 3 is 2.32 bits per heavy atom. The molecule has 0 bridgehead atoms. The fraction of sp³-hybridized carbons (Fsp3) is 0.364. The molecular weight excluding hydrogens is 408 g/mol. The molecular formula is C22H22O9. The normalized spacial score (nSPS) is 29.8. The van der Waals surface area contributed by atoms with Crippen LogP contribution in [0.25, 0.3) is 0 Å². The van der Waals surface area contributed by atoms with Gasteiger partial charge in [0.15, 0.2) is 0 Å². The van der Waals surface area contributed by atoms with Crippen LogP contribution in [0.1, 0.15) is 45.5 Å².